The van der Waals surface area contributed by atoms with Crippen LogP contribution in [-0.4, -0.2) is 47.1 Å². The van der Waals surface area contributed by atoms with E-state index < -0.39 is 24.3 Å². The summed E-state index contributed by atoms with van der Waals surface area (Å²) in [5.41, 5.74) is 1.77. The van der Waals surface area contributed by atoms with E-state index in [-0.39, 0.29) is 18.9 Å². The first-order valence-electron chi connectivity index (χ1n) is 9.26. The van der Waals surface area contributed by atoms with Crippen molar-refractivity contribution in [2.75, 3.05) is 17.2 Å². The summed E-state index contributed by atoms with van der Waals surface area (Å²) in [5.74, 6) is 0.293. The number of aliphatic hydroxyl groups is 1. The largest absolute Gasteiger partial charge is 0.394 e. The number of aliphatic hydroxyl groups excluding tert-OH is 1. The molecule has 1 aliphatic rings. The van der Waals surface area contributed by atoms with Crippen LogP contribution in [0, 0.1) is 13.8 Å². The number of aryl methyl sites for hydroxylation is 2. The molecule has 0 spiro atoms. The molecule has 0 aliphatic carbocycles. The number of hydrogen-bond donors (Lipinski definition) is 4. The molecule has 9 heteroatoms. The maximum atomic E-state index is 12.3. The van der Waals surface area contributed by atoms with Crippen LogP contribution in [-0.2, 0) is 9.53 Å². The number of aromatic nitrogens is 1. The fourth-order valence-electron chi connectivity index (χ4n) is 3.01. The normalized spacial score (nSPS) is 20.9. The number of anilines is 2. The molecule has 0 saturated heterocycles. The number of hydrogen-bond acceptors (Lipinski definition) is 6. The molecule has 3 atom stereocenters. The smallest absolute Gasteiger partial charge is 0.319 e. The summed E-state index contributed by atoms with van der Waals surface area (Å²) in [6.07, 6.45) is 2.35. The number of urea groups is 1. The Morgan fingerprint density at radius 1 is 1.14 bits per heavy atom. The first-order chi connectivity index (χ1) is 14.0. The third-order valence-electron chi connectivity index (χ3n) is 4.48. The molecule has 1 aromatic heterocycles. The quantitative estimate of drug-likeness (QED) is 0.551. The zero-order chi connectivity index (χ0) is 20.8. The van der Waals surface area contributed by atoms with E-state index in [1.165, 1.54) is 0 Å². The van der Waals surface area contributed by atoms with E-state index >= 15 is 0 Å². The van der Waals surface area contributed by atoms with Gasteiger partial charge in [-0.3, -0.25) is 4.79 Å². The highest BCUT2D eigenvalue weighted by molar-refractivity contribution is 5.91. The topological polar surface area (TPSA) is 126 Å². The molecule has 3 amide bonds. The summed E-state index contributed by atoms with van der Waals surface area (Å²) in [7, 11) is 0. The number of amides is 3. The molecule has 29 heavy (non-hydrogen) atoms. The lowest BCUT2D eigenvalue weighted by Crippen LogP contribution is -2.50. The maximum Gasteiger partial charge on any atom is 0.319 e. The van der Waals surface area contributed by atoms with Gasteiger partial charge in [0.15, 0.2) is 5.76 Å². The van der Waals surface area contributed by atoms with Crippen molar-refractivity contribution in [1.29, 1.82) is 0 Å². The highest BCUT2D eigenvalue weighted by Crippen LogP contribution is 2.20. The Labute approximate surface area is 168 Å². The monoisotopic (exact) mass is 400 g/mol. The molecule has 0 radical (unpaired) electrons. The van der Waals surface area contributed by atoms with Gasteiger partial charge >= 0.3 is 6.03 Å². The maximum absolute atomic E-state index is 12.3. The second kappa shape index (κ2) is 9.35. The molecule has 0 saturated carbocycles. The molecule has 0 bridgehead atoms. The van der Waals surface area contributed by atoms with Crippen molar-refractivity contribution < 1.29 is 24.0 Å². The van der Waals surface area contributed by atoms with Crippen LogP contribution in [0.4, 0.5) is 16.2 Å². The number of carbonyl (C=O) groups is 2. The Morgan fingerprint density at radius 3 is 2.55 bits per heavy atom. The van der Waals surface area contributed by atoms with E-state index in [1.807, 2.05) is 18.2 Å². The summed E-state index contributed by atoms with van der Waals surface area (Å²) >= 11 is 0. The van der Waals surface area contributed by atoms with Crippen molar-refractivity contribution in [1.82, 2.24) is 10.5 Å². The van der Waals surface area contributed by atoms with E-state index in [2.05, 4.69) is 21.1 Å². The Bertz CT molecular complexity index is 861. The van der Waals surface area contributed by atoms with Gasteiger partial charge in [-0.15, -0.1) is 0 Å². The Hall–Kier alpha value is -3.17. The molecule has 9 nitrogen and oxygen atoms in total. The average Bonchev–Trinajstić information content (AvgIpc) is 3.01. The van der Waals surface area contributed by atoms with E-state index in [0.717, 1.165) is 0 Å². The molecule has 2 heterocycles. The number of nitrogens with zero attached hydrogens (tertiary/aromatic N) is 1. The van der Waals surface area contributed by atoms with Crippen LogP contribution >= 0.6 is 0 Å². The Morgan fingerprint density at radius 2 is 1.90 bits per heavy atom. The van der Waals surface area contributed by atoms with Crippen molar-refractivity contribution in [3.8, 4) is 0 Å². The number of para-hydroxylation sites is 1. The molecular weight excluding hydrogens is 376 g/mol. The second-order valence-electron chi connectivity index (χ2n) is 6.72. The molecule has 0 fully saturated rings. The summed E-state index contributed by atoms with van der Waals surface area (Å²) in [6, 6.07) is 8.10. The van der Waals surface area contributed by atoms with Gasteiger partial charge in [0, 0.05) is 5.69 Å². The predicted molar refractivity (Wildman–Crippen MR) is 106 cm³/mol. The van der Waals surface area contributed by atoms with Gasteiger partial charge in [0.1, 0.15) is 17.5 Å². The van der Waals surface area contributed by atoms with Crippen LogP contribution in [0.1, 0.15) is 17.9 Å². The van der Waals surface area contributed by atoms with Crippen molar-refractivity contribution in [3.63, 3.8) is 0 Å². The lowest BCUT2D eigenvalue weighted by Gasteiger charge is -2.31. The molecule has 4 N–H and O–H groups in total. The Kier molecular flexibility index (Phi) is 6.63. The van der Waals surface area contributed by atoms with E-state index in [9.17, 15) is 14.7 Å². The number of nitrogens with one attached hydrogen (secondary N) is 3. The van der Waals surface area contributed by atoms with E-state index in [1.54, 1.807) is 38.1 Å². The zero-order valence-corrected chi connectivity index (χ0v) is 16.2. The molecule has 1 aromatic carbocycles. The summed E-state index contributed by atoms with van der Waals surface area (Å²) in [5, 5.41) is 21.6. The summed E-state index contributed by atoms with van der Waals surface area (Å²) in [4.78, 5) is 24.5. The molecule has 3 rings (SSSR count). The number of benzene rings is 1. The molecule has 1 aliphatic heterocycles. The van der Waals surface area contributed by atoms with Crippen LogP contribution in [0.2, 0.25) is 0 Å². The fraction of sp³-hybridized carbons (Fsp3) is 0.350. The SMILES string of the molecule is Cc1noc(C)c1NC(=O)N[C@@H]1C=C[C@H](CC(=O)Nc2ccccc2)O[C@H]1CO. The molecule has 2 aromatic rings. The van der Waals surface area contributed by atoms with E-state index in [4.69, 9.17) is 9.26 Å². The minimum atomic E-state index is -0.676. The minimum Gasteiger partial charge on any atom is -0.394 e. The predicted octanol–water partition coefficient (Wildman–Crippen LogP) is 2.13. The average molecular weight is 400 g/mol. The van der Waals surface area contributed by atoms with Crippen molar-refractivity contribution in [2.45, 2.75) is 38.5 Å². The summed E-state index contributed by atoms with van der Waals surface area (Å²) in [6.45, 7) is 3.11. The van der Waals surface area contributed by atoms with Crippen LogP contribution in [0.3, 0.4) is 0 Å². The Balaban J connectivity index is 1.55. The van der Waals surface area contributed by atoms with Gasteiger partial charge in [0.05, 0.1) is 25.2 Å². The van der Waals surface area contributed by atoms with E-state index in [0.29, 0.717) is 22.8 Å². The summed E-state index contributed by atoms with van der Waals surface area (Å²) < 4.78 is 10.8. The zero-order valence-electron chi connectivity index (χ0n) is 16.2. The first-order valence-corrected chi connectivity index (χ1v) is 9.26. The van der Waals surface area contributed by atoms with Crippen molar-refractivity contribution in [3.05, 3.63) is 53.9 Å². The third kappa shape index (κ3) is 5.43. The molecule has 0 unspecified atom stereocenters. The van der Waals surface area contributed by atoms with Gasteiger partial charge < -0.3 is 30.3 Å². The van der Waals surface area contributed by atoms with Gasteiger partial charge in [-0.1, -0.05) is 35.5 Å². The van der Waals surface area contributed by atoms with Crippen molar-refractivity contribution >= 4 is 23.3 Å². The molecular formula is C20H24N4O5. The first kappa shape index (κ1) is 20.6. The van der Waals surface area contributed by atoms with Crippen LogP contribution < -0.4 is 16.0 Å². The lowest BCUT2D eigenvalue weighted by atomic mass is 10.0. The highest BCUT2D eigenvalue weighted by Gasteiger charge is 2.29. The number of ether oxygens (including phenoxy) is 1. The van der Waals surface area contributed by atoms with Gasteiger partial charge in [-0.05, 0) is 26.0 Å². The lowest BCUT2D eigenvalue weighted by molar-refractivity contribution is -0.120. The second-order valence-corrected chi connectivity index (χ2v) is 6.72. The van der Waals surface area contributed by atoms with Crippen molar-refractivity contribution in [2.24, 2.45) is 0 Å². The number of carbonyl (C=O) groups excluding carboxylic acids is 2. The fourth-order valence-corrected chi connectivity index (χ4v) is 3.01. The molecule has 154 valence electrons. The van der Waals surface area contributed by atoms with Gasteiger partial charge in [-0.25, -0.2) is 4.79 Å². The van der Waals surface area contributed by atoms with Crippen LogP contribution in [0.15, 0.2) is 47.0 Å². The van der Waals surface area contributed by atoms with Gasteiger partial charge in [-0.2, -0.15) is 0 Å². The minimum absolute atomic E-state index is 0.0971. The standard InChI is InChI=1S/C20H24N4O5/c1-12-19(13(2)29-24-12)23-20(27)22-16-9-8-15(28-17(16)11-25)10-18(26)21-14-6-4-3-5-7-14/h3-9,15-17,25H,10-11H2,1-2H3,(H,21,26)(H2,22,23,27)/t15-,16-,17+/m1/s1. The van der Waals surface area contributed by atoms with Gasteiger partial charge in [0.25, 0.3) is 0 Å². The third-order valence-corrected chi connectivity index (χ3v) is 4.48. The van der Waals surface area contributed by atoms with Crippen LogP contribution in [0.5, 0.6) is 0 Å². The highest BCUT2D eigenvalue weighted by atomic mass is 16.5. The number of rotatable bonds is 6. The van der Waals surface area contributed by atoms with Crippen LogP contribution in [0.25, 0.3) is 0 Å². The van der Waals surface area contributed by atoms with Gasteiger partial charge in [0.2, 0.25) is 5.91 Å².